The normalized spacial score (nSPS) is 11.4. The van der Waals surface area contributed by atoms with Crippen LogP contribution >= 0.6 is 11.3 Å². The number of furan rings is 1. The molecule has 0 saturated carbocycles. The molecular formula is C18H20N4OS. The molecule has 0 atom stereocenters. The highest BCUT2D eigenvalue weighted by atomic mass is 32.1. The Morgan fingerprint density at radius 3 is 2.88 bits per heavy atom. The summed E-state index contributed by atoms with van der Waals surface area (Å²) in [6.07, 6.45) is 4.30. The summed E-state index contributed by atoms with van der Waals surface area (Å²) < 4.78 is 5.35. The van der Waals surface area contributed by atoms with Gasteiger partial charge in [0.05, 0.1) is 25.0 Å². The maximum atomic E-state index is 5.35. The number of rotatable bonds is 7. The summed E-state index contributed by atoms with van der Waals surface area (Å²) in [5.74, 6) is 1.74. The molecule has 0 bridgehead atoms. The molecule has 0 aliphatic heterocycles. The second-order valence-electron chi connectivity index (χ2n) is 5.17. The SMILES string of the molecule is c1ccc(CN=C(NCCc2ccco2)NCc2cccs2)nc1. The van der Waals surface area contributed by atoms with Crippen LogP contribution in [-0.2, 0) is 19.5 Å². The molecule has 124 valence electrons. The molecule has 3 aromatic rings. The van der Waals surface area contributed by atoms with Crippen LogP contribution in [0.15, 0.2) is 69.7 Å². The van der Waals surface area contributed by atoms with E-state index in [9.17, 15) is 0 Å². The fourth-order valence-electron chi connectivity index (χ4n) is 2.17. The van der Waals surface area contributed by atoms with Crippen molar-refractivity contribution in [1.29, 1.82) is 0 Å². The number of guanidine groups is 1. The molecule has 0 aromatic carbocycles. The van der Waals surface area contributed by atoms with Crippen LogP contribution in [0.3, 0.4) is 0 Å². The first-order valence-electron chi connectivity index (χ1n) is 7.87. The van der Waals surface area contributed by atoms with Crippen molar-refractivity contribution in [2.24, 2.45) is 4.99 Å². The third-order valence-electron chi connectivity index (χ3n) is 3.38. The van der Waals surface area contributed by atoms with Gasteiger partial charge in [0.2, 0.25) is 0 Å². The first-order valence-corrected chi connectivity index (χ1v) is 8.75. The molecular weight excluding hydrogens is 320 g/mol. The van der Waals surface area contributed by atoms with E-state index < -0.39 is 0 Å². The molecule has 3 aromatic heterocycles. The van der Waals surface area contributed by atoms with Crippen molar-refractivity contribution < 1.29 is 4.42 Å². The van der Waals surface area contributed by atoms with Crippen molar-refractivity contribution in [3.8, 4) is 0 Å². The minimum Gasteiger partial charge on any atom is -0.469 e. The van der Waals surface area contributed by atoms with E-state index in [0.29, 0.717) is 6.54 Å². The predicted octanol–water partition coefficient (Wildman–Crippen LogP) is 3.21. The van der Waals surface area contributed by atoms with Crippen molar-refractivity contribution >= 4 is 17.3 Å². The van der Waals surface area contributed by atoms with Crippen molar-refractivity contribution in [2.75, 3.05) is 6.54 Å². The molecule has 6 heteroatoms. The average Bonchev–Trinajstić information content (AvgIpc) is 3.31. The van der Waals surface area contributed by atoms with Crippen molar-refractivity contribution in [3.63, 3.8) is 0 Å². The monoisotopic (exact) mass is 340 g/mol. The zero-order valence-electron chi connectivity index (χ0n) is 13.3. The molecule has 24 heavy (non-hydrogen) atoms. The van der Waals surface area contributed by atoms with E-state index in [-0.39, 0.29) is 0 Å². The summed E-state index contributed by atoms with van der Waals surface area (Å²) >= 11 is 1.73. The molecule has 0 amide bonds. The minimum atomic E-state index is 0.543. The summed E-state index contributed by atoms with van der Waals surface area (Å²) in [7, 11) is 0. The van der Waals surface area contributed by atoms with E-state index in [1.807, 2.05) is 30.3 Å². The largest absolute Gasteiger partial charge is 0.469 e. The van der Waals surface area contributed by atoms with E-state index in [0.717, 1.165) is 36.9 Å². The zero-order chi connectivity index (χ0) is 16.5. The average molecular weight is 340 g/mol. The van der Waals surface area contributed by atoms with Crippen LogP contribution in [0.1, 0.15) is 16.3 Å². The van der Waals surface area contributed by atoms with E-state index >= 15 is 0 Å². The van der Waals surface area contributed by atoms with Crippen LogP contribution in [-0.4, -0.2) is 17.5 Å². The molecule has 0 aliphatic carbocycles. The molecule has 0 saturated heterocycles. The fraction of sp³-hybridized carbons (Fsp3) is 0.222. The summed E-state index contributed by atoms with van der Waals surface area (Å²) in [4.78, 5) is 10.2. The van der Waals surface area contributed by atoms with Gasteiger partial charge in [-0.2, -0.15) is 0 Å². The van der Waals surface area contributed by atoms with Gasteiger partial charge in [0, 0.05) is 24.0 Å². The highest BCUT2D eigenvalue weighted by Crippen LogP contribution is 2.07. The summed E-state index contributed by atoms with van der Waals surface area (Å²) in [6, 6.07) is 13.9. The Hall–Kier alpha value is -2.60. The van der Waals surface area contributed by atoms with Gasteiger partial charge >= 0.3 is 0 Å². The molecule has 3 rings (SSSR count). The molecule has 0 aliphatic rings. The first-order chi connectivity index (χ1) is 11.9. The topological polar surface area (TPSA) is 62.5 Å². The minimum absolute atomic E-state index is 0.543. The number of aliphatic imine (C=N–C) groups is 1. The zero-order valence-corrected chi connectivity index (χ0v) is 14.1. The Morgan fingerprint density at radius 1 is 1.12 bits per heavy atom. The van der Waals surface area contributed by atoms with Crippen molar-refractivity contribution in [1.82, 2.24) is 15.6 Å². The Kier molecular flexibility index (Phi) is 6.02. The Balaban J connectivity index is 1.56. The quantitative estimate of drug-likeness (QED) is 0.512. The van der Waals surface area contributed by atoms with Crippen molar-refractivity contribution in [2.45, 2.75) is 19.5 Å². The molecule has 3 heterocycles. The third kappa shape index (κ3) is 5.24. The van der Waals surface area contributed by atoms with Crippen molar-refractivity contribution in [3.05, 3.63) is 76.6 Å². The highest BCUT2D eigenvalue weighted by Gasteiger charge is 2.02. The molecule has 0 spiro atoms. The number of nitrogens with one attached hydrogen (secondary N) is 2. The second kappa shape index (κ2) is 8.88. The third-order valence-corrected chi connectivity index (χ3v) is 4.26. The van der Waals surface area contributed by atoms with E-state index in [1.165, 1.54) is 4.88 Å². The Labute approximate surface area is 145 Å². The predicted molar refractivity (Wildman–Crippen MR) is 96.9 cm³/mol. The standard InChI is InChI=1S/C18H20N4OS/c1-2-9-19-15(5-1)13-21-18(22-14-17-7-4-12-24-17)20-10-8-16-6-3-11-23-16/h1-7,9,11-12H,8,10,13-14H2,(H2,20,21,22). The van der Waals surface area contributed by atoms with E-state index in [2.05, 4.69) is 38.1 Å². The maximum Gasteiger partial charge on any atom is 0.191 e. The second-order valence-corrected chi connectivity index (χ2v) is 6.21. The molecule has 0 fully saturated rings. The van der Waals surface area contributed by atoms with Gasteiger partial charge < -0.3 is 15.1 Å². The fourth-order valence-corrected chi connectivity index (χ4v) is 2.81. The van der Waals surface area contributed by atoms with Crippen LogP contribution in [0.5, 0.6) is 0 Å². The van der Waals surface area contributed by atoms with Crippen LogP contribution in [0, 0.1) is 0 Å². The number of pyridine rings is 1. The van der Waals surface area contributed by atoms with Crippen LogP contribution in [0.4, 0.5) is 0 Å². The lowest BCUT2D eigenvalue weighted by molar-refractivity contribution is 0.506. The number of aromatic nitrogens is 1. The van der Waals surface area contributed by atoms with Gasteiger partial charge in [-0.25, -0.2) is 4.99 Å². The number of nitrogens with zero attached hydrogens (tertiary/aromatic N) is 2. The van der Waals surface area contributed by atoms with E-state index in [1.54, 1.807) is 23.8 Å². The lowest BCUT2D eigenvalue weighted by Crippen LogP contribution is -2.38. The lowest BCUT2D eigenvalue weighted by Gasteiger charge is -2.11. The number of thiophene rings is 1. The summed E-state index contributed by atoms with van der Waals surface area (Å²) in [5.41, 5.74) is 0.945. The molecule has 2 N–H and O–H groups in total. The van der Waals surface area contributed by atoms with Gasteiger partial charge in [0.15, 0.2) is 5.96 Å². The van der Waals surface area contributed by atoms with E-state index in [4.69, 9.17) is 4.42 Å². The molecule has 5 nitrogen and oxygen atoms in total. The molecule has 0 radical (unpaired) electrons. The smallest absolute Gasteiger partial charge is 0.191 e. The molecule has 0 unspecified atom stereocenters. The Morgan fingerprint density at radius 2 is 2.12 bits per heavy atom. The summed E-state index contributed by atoms with van der Waals surface area (Å²) in [6.45, 7) is 2.06. The Bertz CT molecular complexity index is 724. The first kappa shape index (κ1) is 16.3. The van der Waals surface area contributed by atoms with Gasteiger partial charge in [-0.3, -0.25) is 4.98 Å². The van der Waals surface area contributed by atoms with Crippen LogP contribution in [0.25, 0.3) is 0 Å². The van der Waals surface area contributed by atoms with Gasteiger partial charge in [-0.1, -0.05) is 12.1 Å². The number of hydrogen-bond acceptors (Lipinski definition) is 4. The van der Waals surface area contributed by atoms with Crippen LogP contribution in [0.2, 0.25) is 0 Å². The van der Waals surface area contributed by atoms with Crippen LogP contribution < -0.4 is 10.6 Å². The maximum absolute atomic E-state index is 5.35. The summed E-state index contributed by atoms with van der Waals surface area (Å²) in [5, 5.41) is 8.79. The van der Waals surface area contributed by atoms with Gasteiger partial charge in [-0.15, -0.1) is 11.3 Å². The van der Waals surface area contributed by atoms with Gasteiger partial charge in [-0.05, 0) is 35.7 Å². The highest BCUT2D eigenvalue weighted by molar-refractivity contribution is 7.09. The van der Waals surface area contributed by atoms with Gasteiger partial charge in [0.1, 0.15) is 5.76 Å². The lowest BCUT2D eigenvalue weighted by atomic mass is 10.3. The van der Waals surface area contributed by atoms with Gasteiger partial charge in [0.25, 0.3) is 0 Å². The number of hydrogen-bond donors (Lipinski definition) is 2.